The van der Waals surface area contributed by atoms with Crippen LogP contribution in [-0.2, 0) is 19.6 Å². The molecule has 0 fully saturated rings. The van der Waals surface area contributed by atoms with E-state index in [2.05, 4.69) is 52.8 Å². The molecular weight excluding hydrogens is 466 g/mol. The second-order valence-corrected chi connectivity index (χ2v) is 9.44. The minimum atomic E-state index is -0.581. The molecule has 0 unspecified atom stereocenters. The minimum Gasteiger partial charge on any atom is -0.488 e. The van der Waals surface area contributed by atoms with Crippen LogP contribution in [0, 0.1) is 13.8 Å². The number of para-hydroxylation sites is 1. The van der Waals surface area contributed by atoms with Crippen LogP contribution in [0.5, 0.6) is 5.75 Å². The number of fused-ring (bicyclic) bond motifs is 3. The number of aryl methyl sites for hydroxylation is 3. The largest absolute Gasteiger partial charge is 0.488 e. The molecule has 186 valence electrons. The maximum absolute atomic E-state index is 11.7. The molecule has 1 N–H and O–H groups in total. The number of aromatic nitrogens is 5. The zero-order chi connectivity index (χ0) is 25.7. The average Bonchev–Trinajstić information content (AvgIpc) is 3.43. The summed E-state index contributed by atoms with van der Waals surface area (Å²) in [7, 11) is 0. The Balaban J connectivity index is 1.49. The fraction of sp³-hybridized carbons (Fsp3) is 0.241. The van der Waals surface area contributed by atoms with Gasteiger partial charge in [0.1, 0.15) is 23.7 Å². The summed E-state index contributed by atoms with van der Waals surface area (Å²) in [5.74, 6) is 1.62. The predicted molar refractivity (Wildman–Crippen MR) is 141 cm³/mol. The van der Waals surface area contributed by atoms with Crippen molar-refractivity contribution in [3.8, 4) is 5.75 Å². The highest BCUT2D eigenvalue weighted by Crippen LogP contribution is 2.40. The zero-order valence-corrected chi connectivity index (χ0v) is 21.3. The molecule has 0 spiro atoms. The van der Waals surface area contributed by atoms with Crippen molar-refractivity contribution >= 4 is 22.3 Å². The lowest BCUT2D eigenvalue weighted by Crippen LogP contribution is -2.07. The first-order chi connectivity index (χ1) is 17.9. The van der Waals surface area contributed by atoms with Crippen molar-refractivity contribution in [2.24, 2.45) is 0 Å². The number of imidazole rings is 1. The normalized spacial score (nSPS) is 14.2. The number of hydrogen-bond donors (Lipinski definition) is 1. The van der Waals surface area contributed by atoms with Gasteiger partial charge in [-0.3, -0.25) is 9.51 Å². The molecular formula is C29H27N5O3. The van der Waals surface area contributed by atoms with Crippen molar-refractivity contribution in [3.63, 3.8) is 0 Å². The van der Waals surface area contributed by atoms with Crippen molar-refractivity contribution in [3.05, 3.63) is 104 Å². The summed E-state index contributed by atoms with van der Waals surface area (Å²) in [6.45, 7) is 9.24. The van der Waals surface area contributed by atoms with E-state index in [0.717, 1.165) is 73.8 Å². The van der Waals surface area contributed by atoms with Gasteiger partial charge in [-0.2, -0.15) is 0 Å². The maximum atomic E-state index is 11.7. The molecule has 2 aromatic carbocycles. The number of H-pyrrole nitrogens is 1. The summed E-state index contributed by atoms with van der Waals surface area (Å²) >= 11 is 0. The van der Waals surface area contributed by atoms with E-state index in [9.17, 15) is 4.79 Å². The van der Waals surface area contributed by atoms with E-state index < -0.39 is 5.76 Å². The summed E-state index contributed by atoms with van der Waals surface area (Å²) in [5, 5.41) is 3.94. The first-order valence-corrected chi connectivity index (χ1v) is 12.4. The van der Waals surface area contributed by atoms with Gasteiger partial charge in [0, 0.05) is 23.3 Å². The van der Waals surface area contributed by atoms with Crippen LogP contribution in [0.25, 0.3) is 22.3 Å². The lowest BCUT2D eigenvalue weighted by atomic mass is 9.89. The number of allylic oxidation sites excluding steroid dienone is 1. The quantitative estimate of drug-likeness (QED) is 0.369. The standard InChI is InChI=1S/C29H27N5O3/c1-5-24-31-26-16(2)12-17(3)30-28(26)34(24)14-19-10-11-21-20(13-19)15-36-23-9-7-6-8-22(23)25(21)18(4)27-32-29(35)37-33-27/h6-13H,5,14-15H2,1-4H3,(H,32,33,35). The first kappa shape index (κ1) is 23.0. The molecule has 5 aromatic rings. The van der Waals surface area contributed by atoms with Gasteiger partial charge in [0.15, 0.2) is 11.5 Å². The highest BCUT2D eigenvalue weighted by Gasteiger charge is 2.23. The average molecular weight is 494 g/mol. The van der Waals surface area contributed by atoms with Crippen LogP contribution in [0.1, 0.15) is 59.0 Å². The Hall–Kier alpha value is -4.46. The zero-order valence-electron chi connectivity index (χ0n) is 21.3. The molecule has 0 atom stereocenters. The fourth-order valence-electron chi connectivity index (χ4n) is 5.19. The van der Waals surface area contributed by atoms with E-state index >= 15 is 0 Å². The number of ether oxygens (including phenoxy) is 1. The van der Waals surface area contributed by atoms with Gasteiger partial charge in [0.25, 0.3) is 0 Å². The molecule has 37 heavy (non-hydrogen) atoms. The van der Waals surface area contributed by atoms with Crippen LogP contribution in [-0.4, -0.2) is 24.7 Å². The van der Waals surface area contributed by atoms with E-state index in [-0.39, 0.29) is 0 Å². The monoisotopic (exact) mass is 493 g/mol. The number of pyridine rings is 1. The number of rotatable bonds is 4. The van der Waals surface area contributed by atoms with E-state index in [1.54, 1.807) is 0 Å². The van der Waals surface area contributed by atoms with Gasteiger partial charge in [-0.05, 0) is 66.8 Å². The van der Waals surface area contributed by atoms with Gasteiger partial charge in [-0.15, -0.1) is 0 Å². The molecule has 3 aromatic heterocycles. The third kappa shape index (κ3) is 3.94. The Morgan fingerprint density at radius 1 is 1.08 bits per heavy atom. The Morgan fingerprint density at radius 3 is 2.70 bits per heavy atom. The Labute approximate surface area is 213 Å². The molecule has 0 amide bonds. The van der Waals surface area contributed by atoms with Crippen molar-refractivity contribution in [2.45, 2.75) is 47.3 Å². The van der Waals surface area contributed by atoms with Crippen molar-refractivity contribution in [1.29, 1.82) is 0 Å². The topological polar surface area (TPSA) is 98.8 Å². The van der Waals surface area contributed by atoms with Gasteiger partial charge in [0.05, 0.1) is 6.54 Å². The van der Waals surface area contributed by atoms with Gasteiger partial charge in [-0.25, -0.2) is 14.8 Å². The smallest absolute Gasteiger partial charge is 0.439 e. The van der Waals surface area contributed by atoms with Gasteiger partial charge in [-0.1, -0.05) is 42.4 Å². The Kier molecular flexibility index (Phi) is 5.52. The molecule has 4 heterocycles. The third-order valence-electron chi connectivity index (χ3n) is 6.91. The highest BCUT2D eigenvalue weighted by molar-refractivity contribution is 5.99. The van der Waals surface area contributed by atoms with Crippen LogP contribution < -0.4 is 10.5 Å². The van der Waals surface area contributed by atoms with Crippen LogP contribution >= 0.6 is 0 Å². The second-order valence-electron chi connectivity index (χ2n) is 9.44. The fourth-order valence-corrected chi connectivity index (χ4v) is 5.19. The molecule has 1 aliphatic heterocycles. The highest BCUT2D eigenvalue weighted by atomic mass is 16.5. The van der Waals surface area contributed by atoms with Crippen molar-refractivity contribution in [2.75, 3.05) is 0 Å². The summed E-state index contributed by atoms with van der Waals surface area (Å²) in [4.78, 5) is 24.1. The van der Waals surface area contributed by atoms with Gasteiger partial charge < -0.3 is 9.30 Å². The van der Waals surface area contributed by atoms with Crippen molar-refractivity contribution < 1.29 is 9.26 Å². The lowest BCUT2D eigenvalue weighted by molar-refractivity contribution is 0.307. The summed E-state index contributed by atoms with van der Waals surface area (Å²) in [6.07, 6.45) is 0.820. The molecule has 0 saturated heterocycles. The minimum absolute atomic E-state index is 0.404. The van der Waals surface area contributed by atoms with Crippen LogP contribution in [0.4, 0.5) is 0 Å². The molecule has 0 aliphatic carbocycles. The lowest BCUT2D eigenvalue weighted by Gasteiger charge is -2.15. The van der Waals surface area contributed by atoms with E-state index in [4.69, 9.17) is 19.2 Å². The maximum Gasteiger partial charge on any atom is 0.439 e. The summed E-state index contributed by atoms with van der Waals surface area (Å²) in [6, 6.07) is 16.5. The molecule has 6 rings (SSSR count). The summed E-state index contributed by atoms with van der Waals surface area (Å²) < 4.78 is 13.3. The van der Waals surface area contributed by atoms with Crippen LogP contribution in [0.2, 0.25) is 0 Å². The van der Waals surface area contributed by atoms with Gasteiger partial charge in [0.2, 0.25) is 0 Å². The molecule has 0 radical (unpaired) electrons. The van der Waals surface area contributed by atoms with E-state index in [0.29, 0.717) is 19.0 Å². The SMILES string of the molecule is CCc1nc2c(C)cc(C)nc2n1Cc1ccc2c(c1)COc1ccccc1C2=C(C)c1noc(=O)[nH]1. The van der Waals surface area contributed by atoms with E-state index in [1.807, 2.05) is 38.1 Å². The Morgan fingerprint density at radius 2 is 1.92 bits per heavy atom. The molecule has 1 aliphatic rings. The summed E-state index contributed by atoms with van der Waals surface area (Å²) in [5.41, 5.74) is 9.92. The van der Waals surface area contributed by atoms with Crippen molar-refractivity contribution in [1.82, 2.24) is 24.7 Å². The first-order valence-electron chi connectivity index (χ1n) is 12.4. The number of benzene rings is 2. The third-order valence-corrected chi connectivity index (χ3v) is 6.91. The van der Waals surface area contributed by atoms with Gasteiger partial charge >= 0.3 is 5.76 Å². The Bertz CT molecular complexity index is 1760. The molecule has 0 bridgehead atoms. The van der Waals surface area contributed by atoms with E-state index in [1.165, 1.54) is 0 Å². The predicted octanol–water partition coefficient (Wildman–Crippen LogP) is 5.21. The molecule has 0 saturated carbocycles. The number of nitrogens with zero attached hydrogens (tertiary/aromatic N) is 4. The molecule has 8 nitrogen and oxygen atoms in total. The number of hydrogen-bond acceptors (Lipinski definition) is 6. The number of nitrogens with one attached hydrogen (secondary N) is 1. The van der Waals surface area contributed by atoms with Crippen LogP contribution in [0.3, 0.4) is 0 Å². The second kappa shape index (κ2) is 8.89. The molecule has 8 heteroatoms. The number of aromatic amines is 1. The van der Waals surface area contributed by atoms with Crippen LogP contribution in [0.15, 0.2) is 57.8 Å².